The van der Waals surface area contributed by atoms with Gasteiger partial charge < -0.3 is 4.98 Å². The van der Waals surface area contributed by atoms with Gasteiger partial charge in [0.2, 0.25) is 0 Å². The van der Waals surface area contributed by atoms with Gasteiger partial charge in [0.1, 0.15) is 5.82 Å². The molecule has 2 aromatic heterocycles. The van der Waals surface area contributed by atoms with Gasteiger partial charge in [-0.15, -0.1) is 0 Å². The van der Waals surface area contributed by atoms with E-state index in [1.165, 1.54) is 6.33 Å². The van der Waals surface area contributed by atoms with Gasteiger partial charge in [0.25, 0.3) is 5.56 Å². The van der Waals surface area contributed by atoms with E-state index in [9.17, 15) is 4.79 Å². The summed E-state index contributed by atoms with van der Waals surface area (Å²) in [7, 11) is 0. The number of fused-ring (bicyclic) bond motifs is 1. The van der Waals surface area contributed by atoms with Crippen LogP contribution in [0.1, 0.15) is 24.7 Å². The van der Waals surface area contributed by atoms with Crippen molar-refractivity contribution in [3.8, 4) is 0 Å². The maximum Gasteiger partial charge on any atom is 0.279 e. The van der Waals surface area contributed by atoms with Gasteiger partial charge in [0.15, 0.2) is 11.2 Å². The Labute approximate surface area is 116 Å². The van der Waals surface area contributed by atoms with Gasteiger partial charge in [-0.1, -0.05) is 37.3 Å². The van der Waals surface area contributed by atoms with Crippen LogP contribution in [-0.2, 0) is 13.0 Å². The zero-order valence-corrected chi connectivity index (χ0v) is 11.3. The van der Waals surface area contributed by atoms with Crippen molar-refractivity contribution in [1.82, 2.24) is 19.5 Å². The Bertz CT molecular complexity index is 773. The first kappa shape index (κ1) is 12.6. The third-order valence-corrected chi connectivity index (χ3v) is 3.28. The van der Waals surface area contributed by atoms with Crippen molar-refractivity contribution in [1.29, 1.82) is 0 Å². The van der Waals surface area contributed by atoms with Crippen LogP contribution in [-0.4, -0.2) is 19.5 Å². The van der Waals surface area contributed by atoms with Crippen LogP contribution in [0.3, 0.4) is 0 Å². The topological polar surface area (TPSA) is 63.6 Å². The van der Waals surface area contributed by atoms with Crippen molar-refractivity contribution < 1.29 is 0 Å². The van der Waals surface area contributed by atoms with Crippen molar-refractivity contribution in [2.45, 2.75) is 26.3 Å². The number of nitrogens with one attached hydrogen (secondary N) is 1. The highest BCUT2D eigenvalue weighted by molar-refractivity contribution is 5.68. The van der Waals surface area contributed by atoms with E-state index in [4.69, 9.17) is 0 Å². The largest absolute Gasteiger partial charge is 0.339 e. The number of aromatic nitrogens is 4. The smallest absolute Gasteiger partial charge is 0.279 e. The molecule has 0 amide bonds. The van der Waals surface area contributed by atoms with Crippen molar-refractivity contribution in [2.24, 2.45) is 0 Å². The van der Waals surface area contributed by atoms with Gasteiger partial charge in [-0.25, -0.2) is 9.97 Å². The molecule has 0 aliphatic carbocycles. The number of aryl methyl sites for hydroxylation is 1. The molecule has 0 aliphatic heterocycles. The SMILES string of the molecule is CCCc1nc2nc[nH]c2c(=O)n1Cc1ccccc1. The standard InChI is InChI=1S/C15H16N4O/c1-2-6-12-18-14-13(16-10-17-14)15(20)19(12)9-11-7-4-3-5-8-11/h3-5,7-8,10H,2,6,9H2,1H3,(H,16,17). The van der Waals surface area contributed by atoms with E-state index in [-0.39, 0.29) is 5.56 Å². The summed E-state index contributed by atoms with van der Waals surface area (Å²) >= 11 is 0. The minimum Gasteiger partial charge on any atom is -0.339 e. The predicted molar refractivity (Wildman–Crippen MR) is 77.7 cm³/mol. The summed E-state index contributed by atoms with van der Waals surface area (Å²) in [6.07, 6.45) is 3.23. The summed E-state index contributed by atoms with van der Waals surface area (Å²) in [6, 6.07) is 9.94. The van der Waals surface area contributed by atoms with Crippen LogP contribution in [0.2, 0.25) is 0 Å². The molecule has 1 aromatic carbocycles. The van der Waals surface area contributed by atoms with E-state index >= 15 is 0 Å². The molecule has 20 heavy (non-hydrogen) atoms. The fraction of sp³-hybridized carbons (Fsp3) is 0.267. The summed E-state index contributed by atoms with van der Waals surface area (Å²) in [5.74, 6) is 0.793. The normalized spacial score (nSPS) is 11.1. The van der Waals surface area contributed by atoms with Crippen LogP contribution in [0.5, 0.6) is 0 Å². The monoisotopic (exact) mass is 268 g/mol. The van der Waals surface area contributed by atoms with Crippen LogP contribution < -0.4 is 5.56 Å². The van der Waals surface area contributed by atoms with E-state index in [0.29, 0.717) is 17.7 Å². The lowest BCUT2D eigenvalue weighted by Gasteiger charge is -2.11. The number of rotatable bonds is 4. The molecule has 1 N–H and O–H groups in total. The first-order valence-corrected chi connectivity index (χ1v) is 6.76. The Balaban J connectivity index is 2.14. The van der Waals surface area contributed by atoms with Gasteiger partial charge in [-0.05, 0) is 12.0 Å². The molecule has 0 radical (unpaired) electrons. The van der Waals surface area contributed by atoms with Crippen LogP contribution in [0, 0.1) is 0 Å². The number of hydrogen-bond donors (Lipinski definition) is 1. The molecule has 0 unspecified atom stereocenters. The number of imidazole rings is 1. The van der Waals surface area contributed by atoms with Gasteiger partial charge in [-0.3, -0.25) is 9.36 Å². The quantitative estimate of drug-likeness (QED) is 0.788. The Morgan fingerprint density at radius 2 is 2.05 bits per heavy atom. The lowest BCUT2D eigenvalue weighted by Crippen LogP contribution is -2.26. The number of aromatic amines is 1. The maximum atomic E-state index is 12.5. The fourth-order valence-corrected chi connectivity index (χ4v) is 2.31. The van der Waals surface area contributed by atoms with Crippen LogP contribution in [0.4, 0.5) is 0 Å². The van der Waals surface area contributed by atoms with Gasteiger partial charge in [0.05, 0.1) is 12.9 Å². The molecule has 0 spiro atoms. The Hall–Kier alpha value is -2.43. The summed E-state index contributed by atoms with van der Waals surface area (Å²) < 4.78 is 1.74. The molecular formula is C15H16N4O. The minimum absolute atomic E-state index is 0.0557. The second-order valence-corrected chi connectivity index (χ2v) is 4.76. The molecule has 3 aromatic rings. The van der Waals surface area contributed by atoms with E-state index in [1.54, 1.807) is 4.57 Å². The molecule has 102 valence electrons. The van der Waals surface area contributed by atoms with Crippen LogP contribution in [0.15, 0.2) is 41.5 Å². The zero-order valence-electron chi connectivity index (χ0n) is 11.3. The average Bonchev–Trinajstić information content (AvgIpc) is 2.93. The van der Waals surface area contributed by atoms with E-state index in [2.05, 4.69) is 21.9 Å². The zero-order chi connectivity index (χ0) is 13.9. The summed E-state index contributed by atoms with van der Waals surface area (Å²) in [5, 5.41) is 0. The number of benzene rings is 1. The Morgan fingerprint density at radius 1 is 1.25 bits per heavy atom. The number of H-pyrrole nitrogens is 1. The third-order valence-electron chi connectivity index (χ3n) is 3.28. The van der Waals surface area contributed by atoms with Crippen molar-refractivity contribution in [2.75, 3.05) is 0 Å². The van der Waals surface area contributed by atoms with Crippen LogP contribution in [0.25, 0.3) is 11.2 Å². The molecule has 5 heteroatoms. The summed E-state index contributed by atoms with van der Waals surface area (Å²) in [4.78, 5) is 24.0. The molecule has 0 aliphatic rings. The molecule has 0 atom stereocenters. The molecule has 5 nitrogen and oxygen atoms in total. The first-order chi connectivity index (χ1) is 9.79. The second-order valence-electron chi connectivity index (χ2n) is 4.76. The van der Waals surface area contributed by atoms with Crippen LogP contribution >= 0.6 is 0 Å². The van der Waals surface area contributed by atoms with Crippen molar-refractivity contribution in [3.05, 3.63) is 58.4 Å². The van der Waals surface area contributed by atoms with Crippen molar-refractivity contribution in [3.63, 3.8) is 0 Å². The highest BCUT2D eigenvalue weighted by atomic mass is 16.1. The van der Waals surface area contributed by atoms with E-state index in [1.807, 2.05) is 30.3 Å². The molecule has 3 rings (SSSR count). The van der Waals surface area contributed by atoms with Crippen molar-refractivity contribution >= 4 is 11.2 Å². The maximum absolute atomic E-state index is 12.5. The highest BCUT2D eigenvalue weighted by Gasteiger charge is 2.12. The summed E-state index contributed by atoms with van der Waals surface area (Å²) in [6.45, 7) is 2.62. The van der Waals surface area contributed by atoms with Gasteiger partial charge in [0, 0.05) is 6.42 Å². The lowest BCUT2D eigenvalue weighted by molar-refractivity contribution is 0.663. The predicted octanol–water partition coefficient (Wildman–Crippen LogP) is 2.12. The second kappa shape index (κ2) is 5.28. The van der Waals surface area contributed by atoms with E-state index < -0.39 is 0 Å². The number of nitrogens with zero attached hydrogens (tertiary/aromatic N) is 3. The third kappa shape index (κ3) is 2.22. The highest BCUT2D eigenvalue weighted by Crippen LogP contribution is 2.08. The first-order valence-electron chi connectivity index (χ1n) is 6.76. The molecule has 2 heterocycles. The van der Waals surface area contributed by atoms with Gasteiger partial charge >= 0.3 is 0 Å². The summed E-state index contributed by atoms with van der Waals surface area (Å²) in [5.41, 5.74) is 2.01. The average molecular weight is 268 g/mol. The van der Waals surface area contributed by atoms with Gasteiger partial charge in [-0.2, -0.15) is 0 Å². The number of hydrogen-bond acceptors (Lipinski definition) is 3. The minimum atomic E-state index is -0.0557. The molecule has 0 fully saturated rings. The molecule has 0 saturated heterocycles. The Kier molecular flexibility index (Phi) is 3.33. The molecule has 0 saturated carbocycles. The Morgan fingerprint density at radius 3 is 2.80 bits per heavy atom. The molecule has 0 bridgehead atoms. The fourth-order valence-electron chi connectivity index (χ4n) is 2.31. The van der Waals surface area contributed by atoms with E-state index in [0.717, 1.165) is 24.2 Å². The molecular weight excluding hydrogens is 252 g/mol. The lowest BCUT2D eigenvalue weighted by atomic mass is 10.2.